The van der Waals surface area contributed by atoms with E-state index in [-0.39, 0.29) is 5.97 Å². The van der Waals surface area contributed by atoms with Gasteiger partial charge in [-0.05, 0) is 19.3 Å². The highest BCUT2D eigenvalue weighted by atomic mass is 32.1. The molecule has 0 saturated carbocycles. The average Bonchev–Trinajstić information content (AvgIpc) is 2.55. The van der Waals surface area contributed by atoms with Gasteiger partial charge in [-0.15, -0.1) is 11.3 Å². The van der Waals surface area contributed by atoms with Crippen molar-refractivity contribution in [2.45, 2.75) is 25.7 Å². The number of carbonyl (C=O) groups excluding carboxylic acids is 1. The van der Waals surface area contributed by atoms with E-state index >= 15 is 0 Å². The Labute approximate surface area is 93.2 Å². The number of unbranched alkanes of at least 4 members (excludes halogenated alkanes) is 1. The Bertz CT molecular complexity index is 336. The van der Waals surface area contributed by atoms with Gasteiger partial charge in [0.05, 0.1) is 18.5 Å². The lowest BCUT2D eigenvalue weighted by Crippen LogP contribution is -2.00. The van der Waals surface area contributed by atoms with Crippen molar-refractivity contribution in [3.05, 3.63) is 10.3 Å². The van der Waals surface area contributed by atoms with E-state index < -0.39 is 0 Å². The summed E-state index contributed by atoms with van der Waals surface area (Å²) in [6.07, 6.45) is 3.10. The van der Waals surface area contributed by atoms with Gasteiger partial charge >= 0.3 is 5.97 Å². The summed E-state index contributed by atoms with van der Waals surface area (Å²) < 4.78 is 4.55. The predicted octanol–water partition coefficient (Wildman–Crippen LogP) is 1.80. The first-order valence-corrected chi connectivity index (χ1v) is 5.71. The van der Waals surface area contributed by atoms with Crippen LogP contribution in [0.5, 0.6) is 0 Å². The molecule has 5 heteroatoms. The SMILES string of the molecule is COC(=O)CCCCc1scc(N)c1N. The molecule has 1 aromatic rings. The monoisotopic (exact) mass is 228 g/mol. The minimum Gasteiger partial charge on any atom is -0.469 e. The number of methoxy groups -OCH3 is 1. The van der Waals surface area contributed by atoms with E-state index in [2.05, 4.69) is 4.74 Å². The molecule has 0 aliphatic rings. The van der Waals surface area contributed by atoms with Crippen molar-refractivity contribution in [3.8, 4) is 0 Å². The third-order valence-corrected chi connectivity index (χ3v) is 3.28. The summed E-state index contributed by atoms with van der Waals surface area (Å²) in [6.45, 7) is 0. The first-order valence-electron chi connectivity index (χ1n) is 4.83. The normalized spacial score (nSPS) is 10.2. The summed E-state index contributed by atoms with van der Waals surface area (Å²) in [7, 11) is 1.40. The van der Waals surface area contributed by atoms with Gasteiger partial charge < -0.3 is 16.2 Å². The third-order valence-electron chi connectivity index (χ3n) is 2.20. The van der Waals surface area contributed by atoms with E-state index in [1.165, 1.54) is 7.11 Å². The van der Waals surface area contributed by atoms with Crippen LogP contribution in [0.25, 0.3) is 0 Å². The molecule has 0 unspecified atom stereocenters. The lowest BCUT2D eigenvalue weighted by atomic mass is 10.1. The number of nitrogens with two attached hydrogens (primary N) is 2. The molecule has 0 fully saturated rings. The Morgan fingerprint density at radius 3 is 2.73 bits per heavy atom. The van der Waals surface area contributed by atoms with Crippen LogP contribution in [0, 0.1) is 0 Å². The first-order chi connectivity index (χ1) is 7.15. The molecule has 0 aliphatic heterocycles. The fourth-order valence-corrected chi connectivity index (χ4v) is 2.18. The Balaban J connectivity index is 2.26. The summed E-state index contributed by atoms with van der Waals surface area (Å²) in [5.74, 6) is -0.159. The Kier molecular flexibility index (Phi) is 4.42. The number of esters is 1. The first kappa shape index (κ1) is 11.8. The summed E-state index contributed by atoms with van der Waals surface area (Å²) >= 11 is 1.57. The van der Waals surface area contributed by atoms with E-state index in [0.29, 0.717) is 17.8 Å². The van der Waals surface area contributed by atoms with Crippen molar-refractivity contribution >= 4 is 28.7 Å². The lowest BCUT2D eigenvalue weighted by molar-refractivity contribution is -0.140. The zero-order valence-electron chi connectivity index (χ0n) is 8.79. The van der Waals surface area contributed by atoms with Crippen LogP contribution in [0.4, 0.5) is 11.4 Å². The van der Waals surface area contributed by atoms with Crippen LogP contribution >= 0.6 is 11.3 Å². The van der Waals surface area contributed by atoms with Crippen molar-refractivity contribution in [2.75, 3.05) is 18.6 Å². The molecule has 0 aliphatic carbocycles. The van der Waals surface area contributed by atoms with Gasteiger partial charge in [0.15, 0.2) is 0 Å². The molecule has 1 heterocycles. The Morgan fingerprint density at radius 1 is 1.47 bits per heavy atom. The molecule has 0 amide bonds. The number of hydrogen-bond donors (Lipinski definition) is 2. The minimum absolute atomic E-state index is 0.159. The van der Waals surface area contributed by atoms with Gasteiger partial charge in [-0.3, -0.25) is 4.79 Å². The molecule has 0 spiro atoms. The van der Waals surface area contributed by atoms with E-state index in [1.807, 2.05) is 5.38 Å². The van der Waals surface area contributed by atoms with E-state index in [1.54, 1.807) is 11.3 Å². The minimum atomic E-state index is -0.159. The van der Waals surface area contributed by atoms with Gasteiger partial charge in [0.1, 0.15) is 0 Å². The summed E-state index contributed by atoms with van der Waals surface area (Å²) in [4.78, 5) is 11.9. The van der Waals surface area contributed by atoms with Crippen LogP contribution in [-0.4, -0.2) is 13.1 Å². The summed E-state index contributed by atoms with van der Waals surface area (Å²) in [6, 6.07) is 0. The average molecular weight is 228 g/mol. The largest absolute Gasteiger partial charge is 0.469 e. The highest BCUT2D eigenvalue weighted by Crippen LogP contribution is 2.28. The van der Waals surface area contributed by atoms with E-state index in [4.69, 9.17) is 11.5 Å². The number of carbonyl (C=O) groups is 1. The fraction of sp³-hybridized carbons (Fsp3) is 0.500. The maximum Gasteiger partial charge on any atom is 0.305 e. The zero-order chi connectivity index (χ0) is 11.3. The van der Waals surface area contributed by atoms with Gasteiger partial charge in [0.2, 0.25) is 0 Å². The molecule has 4 N–H and O–H groups in total. The zero-order valence-corrected chi connectivity index (χ0v) is 9.60. The second-order valence-corrected chi connectivity index (χ2v) is 4.28. The van der Waals surface area contributed by atoms with Crippen molar-refractivity contribution < 1.29 is 9.53 Å². The number of hydrogen-bond acceptors (Lipinski definition) is 5. The summed E-state index contributed by atoms with van der Waals surface area (Å²) in [5.41, 5.74) is 12.7. The van der Waals surface area contributed by atoms with Crippen LogP contribution in [0.15, 0.2) is 5.38 Å². The van der Waals surface area contributed by atoms with Gasteiger partial charge in [-0.25, -0.2) is 0 Å². The molecule has 0 aromatic carbocycles. The number of aryl methyl sites for hydroxylation is 1. The highest BCUT2D eigenvalue weighted by molar-refractivity contribution is 7.11. The third kappa shape index (κ3) is 3.43. The molecule has 84 valence electrons. The molecule has 1 aromatic heterocycles. The summed E-state index contributed by atoms with van der Waals surface area (Å²) in [5, 5.41) is 1.85. The quantitative estimate of drug-likeness (QED) is 0.595. The molecular weight excluding hydrogens is 212 g/mol. The van der Waals surface area contributed by atoms with Crippen LogP contribution in [0.1, 0.15) is 24.1 Å². The molecule has 0 bridgehead atoms. The van der Waals surface area contributed by atoms with Crippen molar-refractivity contribution in [3.63, 3.8) is 0 Å². The number of nitrogen functional groups attached to an aromatic ring is 2. The molecule has 4 nitrogen and oxygen atoms in total. The molecule has 0 atom stereocenters. The molecule has 0 radical (unpaired) electrons. The van der Waals surface area contributed by atoms with Gasteiger partial charge in [0, 0.05) is 16.7 Å². The Hall–Kier alpha value is -1.23. The van der Waals surface area contributed by atoms with Gasteiger partial charge in [0.25, 0.3) is 0 Å². The van der Waals surface area contributed by atoms with Crippen molar-refractivity contribution in [1.29, 1.82) is 0 Å². The van der Waals surface area contributed by atoms with Crippen molar-refractivity contribution in [1.82, 2.24) is 0 Å². The molecule has 0 saturated heterocycles. The van der Waals surface area contributed by atoms with Crippen LogP contribution in [-0.2, 0) is 16.0 Å². The second kappa shape index (κ2) is 5.60. The Morgan fingerprint density at radius 2 is 2.20 bits per heavy atom. The topological polar surface area (TPSA) is 78.3 Å². The number of thiophene rings is 1. The van der Waals surface area contributed by atoms with E-state index in [9.17, 15) is 4.79 Å². The fourth-order valence-electron chi connectivity index (χ4n) is 1.27. The number of ether oxygens (including phenoxy) is 1. The standard InChI is InChI=1S/C10H16N2O2S/c1-14-9(13)5-3-2-4-8-10(12)7(11)6-15-8/h6H,2-5,11-12H2,1H3. The van der Waals surface area contributed by atoms with Crippen LogP contribution in [0.3, 0.4) is 0 Å². The van der Waals surface area contributed by atoms with Gasteiger partial charge in [-0.2, -0.15) is 0 Å². The van der Waals surface area contributed by atoms with Gasteiger partial charge in [-0.1, -0.05) is 0 Å². The highest BCUT2D eigenvalue weighted by Gasteiger charge is 2.06. The second-order valence-electron chi connectivity index (χ2n) is 3.31. The molecule has 15 heavy (non-hydrogen) atoms. The molecule has 1 rings (SSSR count). The molecular formula is C10H16N2O2S. The van der Waals surface area contributed by atoms with E-state index in [0.717, 1.165) is 24.1 Å². The maximum atomic E-state index is 10.8. The smallest absolute Gasteiger partial charge is 0.305 e. The number of rotatable bonds is 5. The lowest BCUT2D eigenvalue weighted by Gasteiger charge is -2.00. The van der Waals surface area contributed by atoms with Crippen LogP contribution in [0.2, 0.25) is 0 Å². The van der Waals surface area contributed by atoms with Crippen LogP contribution < -0.4 is 11.5 Å². The maximum absolute atomic E-state index is 10.8. The number of anilines is 2. The van der Waals surface area contributed by atoms with Crippen molar-refractivity contribution in [2.24, 2.45) is 0 Å². The predicted molar refractivity (Wildman–Crippen MR) is 62.7 cm³/mol.